The van der Waals surface area contributed by atoms with Crippen LogP contribution in [0.4, 0.5) is 0 Å². The van der Waals surface area contributed by atoms with E-state index in [1.807, 2.05) is 30.3 Å². The zero-order chi connectivity index (χ0) is 10.4. The molecule has 1 aromatic carbocycles. The van der Waals surface area contributed by atoms with Crippen LogP contribution in [0.2, 0.25) is 0 Å². The van der Waals surface area contributed by atoms with Crippen LogP contribution < -0.4 is 0 Å². The van der Waals surface area contributed by atoms with E-state index in [2.05, 4.69) is 0 Å². The molecule has 1 unspecified atom stereocenters. The van der Waals surface area contributed by atoms with Crippen molar-refractivity contribution in [2.24, 2.45) is 0 Å². The van der Waals surface area contributed by atoms with Crippen molar-refractivity contribution in [3.63, 3.8) is 0 Å². The van der Waals surface area contributed by atoms with Crippen LogP contribution in [0.5, 0.6) is 0 Å². The monoisotopic (exact) mass is 238 g/mol. The quantitative estimate of drug-likeness (QED) is 0.620. The molecule has 0 aliphatic carbocycles. The molecule has 5 heteroatoms. The summed E-state index contributed by atoms with van der Waals surface area (Å²) in [4.78, 5) is 10.3. The summed E-state index contributed by atoms with van der Waals surface area (Å²) in [6.07, 6.45) is 0. The molecule has 1 rings (SSSR count). The summed E-state index contributed by atoms with van der Waals surface area (Å²) in [5, 5.41) is 7.49. The molecule has 1 aromatic rings. The van der Waals surface area contributed by atoms with Crippen LogP contribution in [0.25, 0.3) is 0 Å². The molecular formula is C10H12ClNaO3. The predicted molar refractivity (Wildman–Crippen MR) is 60.5 cm³/mol. The summed E-state index contributed by atoms with van der Waals surface area (Å²) in [6.45, 7) is 0.406. The zero-order valence-corrected chi connectivity index (χ0v) is 8.28. The van der Waals surface area contributed by atoms with Gasteiger partial charge in [0.25, 0.3) is 0 Å². The third-order valence-corrected chi connectivity index (χ3v) is 1.96. The first-order valence-corrected chi connectivity index (χ1v) is 4.62. The first-order chi connectivity index (χ1) is 6.70. The maximum atomic E-state index is 10.3. The van der Waals surface area contributed by atoms with Gasteiger partial charge < -0.3 is 9.84 Å². The van der Waals surface area contributed by atoms with Gasteiger partial charge in [0.1, 0.15) is 0 Å². The summed E-state index contributed by atoms with van der Waals surface area (Å²) in [7, 11) is 0. The summed E-state index contributed by atoms with van der Waals surface area (Å²) in [5.41, 5.74) is 1.00. The molecule has 0 fully saturated rings. The van der Waals surface area contributed by atoms with Gasteiger partial charge in [-0.3, -0.25) is 4.79 Å². The topological polar surface area (TPSA) is 46.5 Å². The van der Waals surface area contributed by atoms with Crippen molar-refractivity contribution in [3.05, 3.63) is 35.9 Å². The number of benzene rings is 1. The minimum absolute atomic E-state index is 0. The van der Waals surface area contributed by atoms with E-state index in [-0.39, 0.29) is 36.2 Å². The van der Waals surface area contributed by atoms with Crippen LogP contribution in [0, 0.1) is 0 Å². The van der Waals surface area contributed by atoms with Crippen molar-refractivity contribution in [2.45, 2.75) is 12.0 Å². The number of halogens is 1. The Morgan fingerprint density at radius 3 is 2.53 bits per heavy atom. The van der Waals surface area contributed by atoms with Gasteiger partial charge in [0.2, 0.25) is 0 Å². The minimum atomic E-state index is -1.06. The van der Waals surface area contributed by atoms with Crippen LogP contribution in [0.15, 0.2) is 30.3 Å². The fourth-order valence-corrected chi connectivity index (χ4v) is 1.01. The molecule has 78 valence electrons. The number of hydrogen-bond acceptors (Lipinski definition) is 2. The number of carboxylic acid groups (broad SMARTS) is 1. The van der Waals surface area contributed by atoms with Crippen LogP contribution in [0.3, 0.4) is 0 Å². The second kappa shape index (κ2) is 8.13. The Hall–Kier alpha value is -0.0600. The molecule has 1 N–H and O–H groups in total. The van der Waals surface area contributed by atoms with Crippen LogP contribution in [0.1, 0.15) is 5.56 Å². The molecule has 0 aromatic heterocycles. The first kappa shape index (κ1) is 14.9. The van der Waals surface area contributed by atoms with Crippen molar-refractivity contribution >= 4 is 47.1 Å². The molecule has 0 bridgehead atoms. The molecule has 0 saturated carbocycles. The van der Waals surface area contributed by atoms with Crippen LogP contribution in [-0.2, 0) is 16.1 Å². The van der Waals surface area contributed by atoms with E-state index in [0.29, 0.717) is 6.61 Å². The van der Waals surface area contributed by atoms with Gasteiger partial charge in [-0.1, -0.05) is 30.3 Å². The number of carbonyl (C=O) groups is 1. The molecule has 0 radical (unpaired) electrons. The number of alkyl halides is 1. The third-order valence-electron chi connectivity index (χ3n) is 1.64. The van der Waals surface area contributed by atoms with Gasteiger partial charge in [-0.25, -0.2) is 0 Å². The van der Waals surface area contributed by atoms with Gasteiger partial charge in [-0.15, -0.1) is 11.6 Å². The van der Waals surface area contributed by atoms with Gasteiger partial charge in [-0.05, 0) is 5.56 Å². The van der Waals surface area contributed by atoms with Gasteiger partial charge in [0.15, 0.2) is 5.38 Å². The molecule has 15 heavy (non-hydrogen) atoms. The van der Waals surface area contributed by atoms with E-state index in [9.17, 15) is 4.79 Å². The Labute approximate surface area is 116 Å². The average molecular weight is 239 g/mol. The van der Waals surface area contributed by atoms with E-state index < -0.39 is 11.3 Å². The van der Waals surface area contributed by atoms with E-state index in [1.165, 1.54) is 0 Å². The van der Waals surface area contributed by atoms with E-state index in [0.717, 1.165) is 5.56 Å². The first-order valence-electron chi connectivity index (χ1n) is 4.18. The van der Waals surface area contributed by atoms with Crippen molar-refractivity contribution in [1.29, 1.82) is 0 Å². The molecule has 0 aliphatic rings. The van der Waals surface area contributed by atoms with Crippen molar-refractivity contribution in [2.75, 3.05) is 6.61 Å². The second-order valence-electron chi connectivity index (χ2n) is 2.81. The standard InChI is InChI=1S/C10H11ClO3.Na.H/c11-9(10(12)13)7-14-6-8-4-2-1-3-5-8;;/h1-5,9H,6-7H2,(H,12,13);;. The Kier molecular flexibility index (Phi) is 8.10. The predicted octanol–water partition coefficient (Wildman–Crippen LogP) is 1.25. The fraction of sp³-hybridized carbons (Fsp3) is 0.300. The summed E-state index contributed by atoms with van der Waals surface area (Å²) >= 11 is 5.46. The summed E-state index contributed by atoms with van der Waals surface area (Å²) < 4.78 is 5.13. The molecule has 0 saturated heterocycles. The Bertz CT molecular complexity index is 292. The number of rotatable bonds is 5. The zero-order valence-electron chi connectivity index (χ0n) is 7.52. The Morgan fingerprint density at radius 2 is 2.00 bits per heavy atom. The maximum absolute atomic E-state index is 10.3. The van der Waals surface area contributed by atoms with Crippen LogP contribution >= 0.6 is 11.6 Å². The van der Waals surface area contributed by atoms with E-state index in [4.69, 9.17) is 21.4 Å². The molecule has 0 spiro atoms. The molecule has 3 nitrogen and oxygen atoms in total. The van der Waals surface area contributed by atoms with Crippen molar-refractivity contribution in [3.8, 4) is 0 Å². The van der Waals surface area contributed by atoms with Gasteiger partial charge in [0, 0.05) is 0 Å². The fourth-order valence-electron chi connectivity index (χ4n) is 0.926. The number of ether oxygens (including phenoxy) is 1. The van der Waals surface area contributed by atoms with Crippen LogP contribution in [-0.4, -0.2) is 52.6 Å². The van der Waals surface area contributed by atoms with E-state index in [1.54, 1.807) is 0 Å². The Morgan fingerprint density at radius 1 is 1.40 bits per heavy atom. The normalized spacial score (nSPS) is 11.5. The van der Waals surface area contributed by atoms with E-state index >= 15 is 0 Å². The second-order valence-corrected chi connectivity index (χ2v) is 3.33. The molecular weight excluding hydrogens is 227 g/mol. The summed E-state index contributed by atoms with van der Waals surface area (Å²) in [6, 6.07) is 9.52. The third kappa shape index (κ3) is 6.17. The average Bonchev–Trinajstić information content (AvgIpc) is 2.19. The SMILES string of the molecule is O=C(O)C(Cl)COCc1ccccc1.[NaH]. The van der Waals surface area contributed by atoms with Gasteiger partial charge >= 0.3 is 35.5 Å². The number of hydrogen-bond donors (Lipinski definition) is 1. The molecule has 0 heterocycles. The number of aliphatic carboxylic acids is 1. The summed E-state index contributed by atoms with van der Waals surface area (Å²) in [5.74, 6) is -1.06. The molecule has 0 amide bonds. The van der Waals surface area contributed by atoms with Crippen molar-refractivity contribution < 1.29 is 14.6 Å². The number of carboxylic acids is 1. The van der Waals surface area contributed by atoms with Gasteiger partial charge in [-0.2, -0.15) is 0 Å². The molecule has 1 atom stereocenters. The molecule has 0 aliphatic heterocycles. The Balaban J connectivity index is 0.00000196. The van der Waals surface area contributed by atoms with Gasteiger partial charge in [0.05, 0.1) is 13.2 Å². The van der Waals surface area contributed by atoms with Crippen molar-refractivity contribution in [1.82, 2.24) is 0 Å².